The van der Waals surface area contributed by atoms with Crippen LogP contribution in [0.5, 0.6) is 11.5 Å². The zero-order valence-corrected chi connectivity index (χ0v) is 25.5. The van der Waals surface area contributed by atoms with Gasteiger partial charge in [-0.2, -0.15) is 0 Å². The van der Waals surface area contributed by atoms with E-state index in [0.717, 1.165) is 62.9 Å². The summed E-state index contributed by atoms with van der Waals surface area (Å²) in [4.78, 5) is 33.4. The number of ether oxygens (including phenoxy) is 3. The van der Waals surface area contributed by atoms with Crippen molar-refractivity contribution in [3.05, 3.63) is 72.3 Å². The number of nitrogens with zero attached hydrogens (tertiary/aromatic N) is 3. The van der Waals surface area contributed by atoms with Crippen molar-refractivity contribution in [3.8, 4) is 11.5 Å². The molecule has 2 heterocycles. The Morgan fingerprint density at radius 3 is 2.23 bits per heavy atom. The molecule has 3 aromatic rings. The van der Waals surface area contributed by atoms with Crippen LogP contribution in [-0.2, 0) is 4.74 Å². The third kappa shape index (κ3) is 7.91. The van der Waals surface area contributed by atoms with E-state index < -0.39 is 6.03 Å². The van der Waals surface area contributed by atoms with Gasteiger partial charge in [0.25, 0.3) is 5.91 Å². The largest absolute Gasteiger partial charge is 0.495 e. The summed E-state index contributed by atoms with van der Waals surface area (Å²) in [5, 5.41) is 8.84. The minimum Gasteiger partial charge on any atom is -0.495 e. The normalized spacial score (nSPS) is 15.4. The third-order valence-electron chi connectivity index (χ3n) is 7.80. The smallest absolute Gasteiger partial charge is 0.323 e. The van der Waals surface area contributed by atoms with E-state index in [2.05, 4.69) is 36.7 Å². The monoisotopic (exact) mass is 602 g/mol. The fourth-order valence-corrected chi connectivity index (χ4v) is 5.53. The van der Waals surface area contributed by atoms with Crippen LogP contribution in [0, 0.1) is 0 Å². The molecule has 5 rings (SSSR count). The lowest BCUT2D eigenvalue weighted by Crippen LogP contribution is -2.47. The number of para-hydroxylation sites is 4. The number of morpholine rings is 1. The minimum atomic E-state index is -0.422. The van der Waals surface area contributed by atoms with Gasteiger partial charge in [-0.25, -0.2) is 4.79 Å². The second-order valence-electron chi connectivity index (χ2n) is 10.6. The number of nitrogens with one attached hydrogen (secondary N) is 3. The molecule has 2 fully saturated rings. The number of urea groups is 1. The number of methoxy groups -OCH3 is 1. The molecule has 11 heteroatoms. The molecule has 0 spiro atoms. The molecule has 0 atom stereocenters. The van der Waals surface area contributed by atoms with E-state index in [4.69, 9.17) is 14.2 Å². The van der Waals surface area contributed by atoms with E-state index in [9.17, 15) is 9.59 Å². The van der Waals surface area contributed by atoms with E-state index in [1.165, 1.54) is 0 Å². The number of anilines is 4. The molecule has 0 aliphatic carbocycles. The first kappa shape index (κ1) is 31.0. The van der Waals surface area contributed by atoms with Crippen LogP contribution in [0.15, 0.2) is 66.7 Å². The summed E-state index contributed by atoms with van der Waals surface area (Å²) in [5.74, 6) is 1.26. The first-order chi connectivity index (χ1) is 21.6. The number of piperazine rings is 1. The van der Waals surface area contributed by atoms with Crippen LogP contribution in [0.1, 0.15) is 17.3 Å². The average Bonchev–Trinajstić information content (AvgIpc) is 3.06. The highest BCUT2D eigenvalue weighted by molar-refractivity contribution is 6.04. The summed E-state index contributed by atoms with van der Waals surface area (Å²) < 4.78 is 16.6. The Bertz CT molecular complexity index is 1400. The highest BCUT2D eigenvalue weighted by Crippen LogP contribution is 2.31. The van der Waals surface area contributed by atoms with Crippen LogP contribution in [0.25, 0.3) is 0 Å². The summed E-state index contributed by atoms with van der Waals surface area (Å²) in [6.45, 7) is 9.81. The summed E-state index contributed by atoms with van der Waals surface area (Å²) in [6, 6.07) is 20.4. The lowest BCUT2D eigenvalue weighted by Gasteiger charge is -2.38. The molecule has 3 N–H and O–H groups in total. The van der Waals surface area contributed by atoms with Crippen molar-refractivity contribution >= 4 is 34.7 Å². The molecule has 3 amide bonds. The van der Waals surface area contributed by atoms with Gasteiger partial charge in [0.15, 0.2) is 0 Å². The maximum atomic E-state index is 13.6. The summed E-state index contributed by atoms with van der Waals surface area (Å²) in [5.41, 5.74) is 3.50. The molecule has 0 saturated carbocycles. The number of carbonyl (C=O) groups excluding carboxylic acids is 2. The predicted octanol–water partition coefficient (Wildman–Crippen LogP) is 4.13. The van der Waals surface area contributed by atoms with Gasteiger partial charge in [0, 0.05) is 63.7 Å². The second kappa shape index (κ2) is 15.3. The van der Waals surface area contributed by atoms with Gasteiger partial charge < -0.3 is 40.0 Å². The van der Waals surface area contributed by atoms with Gasteiger partial charge in [0.05, 0.1) is 43.9 Å². The number of hydrogen-bond donors (Lipinski definition) is 3. The van der Waals surface area contributed by atoms with E-state index >= 15 is 0 Å². The van der Waals surface area contributed by atoms with Crippen molar-refractivity contribution in [3.63, 3.8) is 0 Å². The third-order valence-corrected chi connectivity index (χ3v) is 7.80. The maximum absolute atomic E-state index is 13.6. The Morgan fingerprint density at radius 2 is 1.50 bits per heavy atom. The standard InChI is InChI=1S/C33H42N6O5/c1-3-44-30-10-6-4-8-27(30)36-33(41)35-25-12-13-28(26(24-25)32(40)34-14-15-37-20-22-43-23-21-37)38-16-18-39(19-17-38)29-9-5-7-11-31(29)42-2/h4-13,24H,3,14-23H2,1-2H3,(H,34,40)(H2,35,36,41). The van der Waals surface area contributed by atoms with Crippen LogP contribution in [0.4, 0.5) is 27.5 Å². The van der Waals surface area contributed by atoms with Gasteiger partial charge in [-0.15, -0.1) is 0 Å². The van der Waals surface area contributed by atoms with E-state index in [-0.39, 0.29) is 5.91 Å². The van der Waals surface area contributed by atoms with Crippen molar-refractivity contribution < 1.29 is 23.8 Å². The maximum Gasteiger partial charge on any atom is 0.323 e. The van der Waals surface area contributed by atoms with Gasteiger partial charge >= 0.3 is 6.03 Å². The quantitative estimate of drug-likeness (QED) is 0.301. The Balaban J connectivity index is 1.30. The van der Waals surface area contributed by atoms with Crippen LogP contribution in [0.3, 0.4) is 0 Å². The Morgan fingerprint density at radius 1 is 0.818 bits per heavy atom. The van der Waals surface area contributed by atoms with Gasteiger partial charge in [-0.05, 0) is 49.4 Å². The summed E-state index contributed by atoms with van der Waals surface area (Å²) >= 11 is 0. The lowest BCUT2D eigenvalue weighted by molar-refractivity contribution is 0.0383. The Hall–Kier alpha value is -4.48. The molecular formula is C33H42N6O5. The molecular weight excluding hydrogens is 560 g/mol. The van der Waals surface area contributed by atoms with Gasteiger partial charge in [0.1, 0.15) is 11.5 Å². The zero-order chi connectivity index (χ0) is 30.7. The molecule has 2 aliphatic heterocycles. The van der Waals surface area contributed by atoms with Crippen LogP contribution >= 0.6 is 0 Å². The van der Waals surface area contributed by atoms with E-state index in [1.54, 1.807) is 25.3 Å². The first-order valence-corrected chi connectivity index (χ1v) is 15.2. The van der Waals surface area contributed by atoms with Crippen molar-refractivity contribution in [1.29, 1.82) is 0 Å². The first-order valence-electron chi connectivity index (χ1n) is 15.2. The molecule has 234 valence electrons. The second-order valence-corrected chi connectivity index (χ2v) is 10.6. The van der Waals surface area contributed by atoms with E-state index in [1.807, 2.05) is 49.4 Å². The molecule has 3 aromatic carbocycles. The van der Waals surface area contributed by atoms with E-state index in [0.29, 0.717) is 49.1 Å². The number of hydrogen-bond acceptors (Lipinski definition) is 8. The molecule has 0 bridgehead atoms. The summed E-state index contributed by atoms with van der Waals surface area (Å²) in [6.07, 6.45) is 0. The predicted molar refractivity (Wildman–Crippen MR) is 174 cm³/mol. The van der Waals surface area contributed by atoms with Crippen molar-refractivity contribution in [1.82, 2.24) is 10.2 Å². The SMILES string of the molecule is CCOc1ccccc1NC(=O)Nc1ccc(N2CCN(c3ccccc3OC)CC2)c(C(=O)NCCN2CCOCC2)c1. The number of benzene rings is 3. The number of rotatable bonds is 11. The Kier molecular flexibility index (Phi) is 10.8. The molecule has 0 aromatic heterocycles. The van der Waals surface area contributed by atoms with Crippen molar-refractivity contribution in [2.75, 3.05) is 99.7 Å². The molecule has 0 unspecified atom stereocenters. The van der Waals surface area contributed by atoms with Gasteiger partial charge in [-0.1, -0.05) is 24.3 Å². The van der Waals surface area contributed by atoms with Gasteiger partial charge in [-0.3, -0.25) is 9.69 Å². The zero-order valence-electron chi connectivity index (χ0n) is 25.5. The van der Waals surface area contributed by atoms with Crippen molar-refractivity contribution in [2.24, 2.45) is 0 Å². The fraction of sp³-hybridized carbons (Fsp3) is 0.394. The number of carbonyl (C=O) groups is 2. The van der Waals surface area contributed by atoms with Crippen molar-refractivity contribution in [2.45, 2.75) is 6.92 Å². The molecule has 44 heavy (non-hydrogen) atoms. The average molecular weight is 603 g/mol. The lowest BCUT2D eigenvalue weighted by atomic mass is 10.1. The van der Waals surface area contributed by atoms with Crippen LogP contribution in [-0.4, -0.2) is 96.1 Å². The molecule has 11 nitrogen and oxygen atoms in total. The topological polar surface area (TPSA) is 108 Å². The fourth-order valence-electron chi connectivity index (χ4n) is 5.53. The molecule has 2 saturated heterocycles. The van der Waals surface area contributed by atoms with Gasteiger partial charge in [0.2, 0.25) is 0 Å². The minimum absolute atomic E-state index is 0.175. The highest BCUT2D eigenvalue weighted by atomic mass is 16.5. The van der Waals surface area contributed by atoms with Crippen LogP contribution < -0.4 is 35.2 Å². The number of amides is 3. The Labute approximate surface area is 259 Å². The molecule has 2 aliphatic rings. The summed E-state index contributed by atoms with van der Waals surface area (Å²) in [7, 11) is 1.69. The van der Waals surface area contributed by atoms with Crippen LogP contribution in [0.2, 0.25) is 0 Å². The highest BCUT2D eigenvalue weighted by Gasteiger charge is 2.24. The molecule has 0 radical (unpaired) electrons.